The number of carbonyl (C=O) groups excluding carboxylic acids is 1. The van der Waals surface area contributed by atoms with E-state index in [0.717, 1.165) is 5.56 Å². The summed E-state index contributed by atoms with van der Waals surface area (Å²) >= 11 is 5.40. The highest BCUT2D eigenvalue weighted by molar-refractivity contribution is 6.27. The third kappa shape index (κ3) is 3.51. The summed E-state index contributed by atoms with van der Waals surface area (Å²) in [5.74, 6) is -0.142. The van der Waals surface area contributed by atoms with Crippen molar-refractivity contribution in [3.8, 4) is 0 Å². The average Bonchev–Trinajstić information content (AvgIpc) is 2.27. The molecule has 1 N–H and O–H groups in total. The van der Waals surface area contributed by atoms with Crippen molar-refractivity contribution in [2.45, 2.75) is 19.3 Å². The number of rotatable bonds is 4. The second-order valence-corrected chi connectivity index (χ2v) is 4.30. The Morgan fingerprint density at radius 2 is 2.33 bits per heavy atom. The number of pyridine rings is 1. The molecule has 0 saturated carbocycles. The summed E-state index contributed by atoms with van der Waals surface area (Å²) in [6.45, 7) is 4.67. The predicted molar refractivity (Wildman–Crippen MR) is 61.0 cm³/mol. The number of hydrogen-bond acceptors (Lipinski definition) is 2. The molecule has 0 atom stereocenters. The van der Waals surface area contributed by atoms with Gasteiger partial charge in [0.15, 0.2) is 0 Å². The van der Waals surface area contributed by atoms with Crippen LogP contribution in [-0.4, -0.2) is 23.3 Å². The van der Waals surface area contributed by atoms with E-state index in [4.69, 9.17) is 11.6 Å². The minimum atomic E-state index is -0.145. The Morgan fingerprint density at radius 3 is 2.87 bits per heavy atom. The average molecular weight is 227 g/mol. The Hall–Kier alpha value is -1.09. The van der Waals surface area contributed by atoms with Crippen molar-refractivity contribution in [2.75, 3.05) is 12.4 Å². The molecule has 0 aliphatic heterocycles. The van der Waals surface area contributed by atoms with Gasteiger partial charge in [-0.3, -0.25) is 9.78 Å². The summed E-state index contributed by atoms with van der Waals surface area (Å²) in [4.78, 5) is 15.1. The molecule has 0 bridgehead atoms. The molecule has 0 aromatic carbocycles. The largest absolute Gasteiger partial charge is 0.354 e. The normalized spacial score (nSPS) is 11.1. The highest BCUT2D eigenvalue weighted by Gasteiger charge is 2.21. The fourth-order valence-electron chi connectivity index (χ4n) is 1.23. The van der Waals surface area contributed by atoms with Crippen molar-refractivity contribution < 1.29 is 4.79 Å². The van der Waals surface area contributed by atoms with Crippen molar-refractivity contribution in [3.63, 3.8) is 0 Å². The molecule has 0 aliphatic rings. The van der Waals surface area contributed by atoms with Crippen LogP contribution in [-0.2, 0) is 10.2 Å². The standard InChI is InChI=1S/C11H15ClN2O/c1-11(2,8-14-10(15)6-12)9-4-3-5-13-7-9/h3-5,7H,6,8H2,1-2H3,(H,14,15). The fourth-order valence-corrected chi connectivity index (χ4v) is 1.33. The van der Waals surface area contributed by atoms with Crippen LogP contribution in [0.15, 0.2) is 24.5 Å². The Kier molecular flexibility index (Phi) is 4.09. The first-order valence-electron chi connectivity index (χ1n) is 4.79. The third-order valence-corrected chi connectivity index (χ3v) is 2.53. The fraction of sp³-hybridized carbons (Fsp3) is 0.455. The molecule has 0 aliphatic carbocycles. The van der Waals surface area contributed by atoms with E-state index >= 15 is 0 Å². The molecular formula is C11H15ClN2O. The van der Waals surface area contributed by atoms with Gasteiger partial charge in [-0.1, -0.05) is 19.9 Å². The van der Waals surface area contributed by atoms with Crippen molar-refractivity contribution in [2.24, 2.45) is 0 Å². The predicted octanol–water partition coefficient (Wildman–Crippen LogP) is 1.71. The number of nitrogens with one attached hydrogen (secondary N) is 1. The SMILES string of the molecule is CC(C)(CNC(=O)CCl)c1cccnc1. The van der Waals surface area contributed by atoms with Gasteiger partial charge in [-0.25, -0.2) is 0 Å². The Balaban J connectivity index is 2.63. The first-order chi connectivity index (χ1) is 7.06. The van der Waals surface area contributed by atoms with Gasteiger partial charge in [-0.2, -0.15) is 0 Å². The molecule has 82 valence electrons. The second kappa shape index (κ2) is 5.12. The molecular weight excluding hydrogens is 212 g/mol. The number of amides is 1. The van der Waals surface area contributed by atoms with Crippen molar-refractivity contribution in [1.29, 1.82) is 0 Å². The minimum Gasteiger partial charge on any atom is -0.354 e. The zero-order chi connectivity index (χ0) is 11.3. The lowest BCUT2D eigenvalue weighted by molar-refractivity contribution is -0.118. The van der Waals surface area contributed by atoms with E-state index < -0.39 is 0 Å². The van der Waals surface area contributed by atoms with Crippen molar-refractivity contribution in [1.82, 2.24) is 10.3 Å². The van der Waals surface area contributed by atoms with Crippen LogP contribution < -0.4 is 5.32 Å². The number of nitrogens with zero attached hydrogens (tertiary/aromatic N) is 1. The second-order valence-electron chi connectivity index (χ2n) is 4.04. The molecule has 15 heavy (non-hydrogen) atoms. The summed E-state index contributed by atoms with van der Waals surface area (Å²) in [6.07, 6.45) is 3.55. The lowest BCUT2D eigenvalue weighted by Gasteiger charge is -2.24. The van der Waals surface area contributed by atoms with Crippen LogP contribution in [0.25, 0.3) is 0 Å². The van der Waals surface area contributed by atoms with Gasteiger partial charge in [-0.15, -0.1) is 11.6 Å². The first kappa shape index (κ1) is 12.0. The molecule has 0 saturated heterocycles. The Labute approximate surface area is 94.9 Å². The number of hydrogen-bond donors (Lipinski definition) is 1. The Bertz CT molecular complexity index is 325. The van der Waals surface area contributed by atoms with Crippen molar-refractivity contribution in [3.05, 3.63) is 30.1 Å². The molecule has 1 aromatic heterocycles. The van der Waals surface area contributed by atoms with E-state index in [1.54, 1.807) is 6.20 Å². The zero-order valence-corrected chi connectivity index (χ0v) is 9.71. The van der Waals surface area contributed by atoms with Crippen LogP contribution in [0, 0.1) is 0 Å². The van der Waals surface area contributed by atoms with Gasteiger partial charge in [0.2, 0.25) is 5.91 Å². The number of halogens is 1. The van der Waals surface area contributed by atoms with Gasteiger partial charge in [0.25, 0.3) is 0 Å². The maximum atomic E-state index is 11.0. The first-order valence-corrected chi connectivity index (χ1v) is 5.33. The lowest BCUT2D eigenvalue weighted by atomic mass is 9.86. The number of aromatic nitrogens is 1. The monoisotopic (exact) mass is 226 g/mol. The lowest BCUT2D eigenvalue weighted by Crippen LogP contribution is -2.37. The van der Waals surface area contributed by atoms with Crippen LogP contribution in [0.5, 0.6) is 0 Å². The van der Waals surface area contributed by atoms with E-state index in [-0.39, 0.29) is 17.2 Å². The number of alkyl halides is 1. The molecule has 0 radical (unpaired) electrons. The van der Waals surface area contributed by atoms with Gasteiger partial charge in [0.1, 0.15) is 5.88 Å². The summed E-state index contributed by atoms with van der Waals surface area (Å²) < 4.78 is 0. The van der Waals surface area contributed by atoms with Gasteiger partial charge < -0.3 is 5.32 Å². The van der Waals surface area contributed by atoms with Crippen LogP contribution in [0.3, 0.4) is 0 Å². The zero-order valence-electron chi connectivity index (χ0n) is 8.96. The summed E-state index contributed by atoms with van der Waals surface area (Å²) in [6, 6.07) is 3.89. The van der Waals surface area contributed by atoms with E-state index in [1.807, 2.05) is 18.3 Å². The molecule has 0 spiro atoms. The van der Waals surface area contributed by atoms with Gasteiger partial charge in [0.05, 0.1) is 0 Å². The van der Waals surface area contributed by atoms with E-state index in [1.165, 1.54) is 0 Å². The maximum Gasteiger partial charge on any atom is 0.234 e. The molecule has 3 nitrogen and oxygen atoms in total. The van der Waals surface area contributed by atoms with Gasteiger partial charge >= 0.3 is 0 Å². The third-order valence-electron chi connectivity index (χ3n) is 2.29. The van der Waals surface area contributed by atoms with Crippen molar-refractivity contribution >= 4 is 17.5 Å². The van der Waals surface area contributed by atoms with Crippen LogP contribution >= 0.6 is 11.6 Å². The van der Waals surface area contributed by atoms with Crippen LogP contribution in [0.1, 0.15) is 19.4 Å². The summed E-state index contributed by atoms with van der Waals surface area (Å²) in [7, 11) is 0. The molecule has 1 amide bonds. The molecule has 1 heterocycles. The summed E-state index contributed by atoms with van der Waals surface area (Å²) in [5.41, 5.74) is 0.968. The van der Waals surface area contributed by atoms with E-state index in [9.17, 15) is 4.79 Å². The van der Waals surface area contributed by atoms with Gasteiger partial charge in [0, 0.05) is 24.4 Å². The number of carbonyl (C=O) groups is 1. The minimum absolute atomic E-state index is 0.00309. The van der Waals surface area contributed by atoms with Crippen LogP contribution in [0.4, 0.5) is 0 Å². The molecule has 1 rings (SSSR count). The van der Waals surface area contributed by atoms with E-state index in [0.29, 0.717) is 6.54 Å². The maximum absolute atomic E-state index is 11.0. The topological polar surface area (TPSA) is 42.0 Å². The highest BCUT2D eigenvalue weighted by Crippen LogP contribution is 2.20. The van der Waals surface area contributed by atoms with Gasteiger partial charge in [-0.05, 0) is 11.6 Å². The summed E-state index contributed by atoms with van der Waals surface area (Å²) in [5, 5.41) is 2.77. The molecule has 4 heteroatoms. The molecule has 1 aromatic rings. The molecule has 0 fully saturated rings. The quantitative estimate of drug-likeness (QED) is 0.795. The smallest absolute Gasteiger partial charge is 0.234 e. The Morgan fingerprint density at radius 1 is 1.60 bits per heavy atom. The van der Waals surface area contributed by atoms with Crippen LogP contribution in [0.2, 0.25) is 0 Å². The van der Waals surface area contributed by atoms with E-state index in [2.05, 4.69) is 24.1 Å². The highest BCUT2D eigenvalue weighted by atomic mass is 35.5. The molecule has 0 unspecified atom stereocenters.